The van der Waals surface area contributed by atoms with Gasteiger partial charge in [0.1, 0.15) is 11.8 Å². The number of rotatable bonds is 11. The van der Waals surface area contributed by atoms with E-state index in [1.165, 1.54) is 12.7 Å². The predicted octanol–water partition coefficient (Wildman–Crippen LogP) is 3.61. The molecule has 0 fully saturated rings. The fraction of sp³-hybridized carbons (Fsp3) is 0.364. The molecule has 0 aliphatic heterocycles. The number of esters is 1. The van der Waals surface area contributed by atoms with Crippen LogP contribution < -0.4 is 10.1 Å². The minimum absolute atomic E-state index is 0.170. The highest BCUT2D eigenvalue weighted by molar-refractivity contribution is 7.98. The van der Waals surface area contributed by atoms with Crippen LogP contribution in [0.25, 0.3) is 0 Å². The molecule has 2 aromatic rings. The van der Waals surface area contributed by atoms with Gasteiger partial charge in [0.25, 0.3) is 0 Å². The van der Waals surface area contributed by atoms with Crippen LogP contribution in [0.1, 0.15) is 25.8 Å². The molecule has 1 amide bonds. The lowest BCUT2D eigenvalue weighted by Gasteiger charge is -2.17. The van der Waals surface area contributed by atoms with E-state index in [0.29, 0.717) is 31.0 Å². The van der Waals surface area contributed by atoms with Crippen molar-refractivity contribution >= 4 is 23.6 Å². The zero-order valence-corrected chi connectivity index (χ0v) is 16.9. The molecule has 1 N–H and O–H groups in total. The van der Waals surface area contributed by atoms with Crippen molar-refractivity contribution in [2.45, 2.75) is 31.5 Å². The maximum absolute atomic E-state index is 12.3. The molecule has 1 atom stereocenters. The van der Waals surface area contributed by atoms with Gasteiger partial charge < -0.3 is 14.8 Å². The number of amides is 1. The second kappa shape index (κ2) is 12.1. The van der Waals surface area contributed by atoms with Crippen molar-refractivity contribution in [1.29, 1.82) is 0 Å². The second-order valence-electron chi connectivity index (χ2n) is 6.13. The molecule has 150 valence electrons. The van der Waals surface area contributed by atoms with E-state index < -0.39 is 12.0 Å². The van der Waals surface area contributed by atoms with Gasteiger partial charge in [-0.05, 0) is 30.2 Å². The summed E-state index contributed by atoms with van der Waals surface area (Å²) in [4.78, 5) is 24.4. The Morgan fingerprint density at radius 1 is 1.11 bits per heavy atom. The van der Waals surface area contributed by atoms with E-state index in [2.05, 4.69) is 17.4 Å². The lowest BCUT2D eigenvalue weighted by molar-refractivity contribution is -0.145. The van der Waals surface area contributed by atoms with Crippen LogP contribution in [0.4, 0.5) is 0 Å². The van der Waals surface area contributed by atoms with Gasteiger partial charge in [-0.15, -0.1) is 0 Å². The van der Waals surface area contributed by atoms with Crippen molar-refractivity contribution in [2.24, 2.45) is 0 Å². The van der Waals surface area contributed by atoms with Crippen LogP contribution in [0, 0.1) is 0 Å². The van der Waals surface area contributed by atoms with Crippen LogP contribution in [0.5, 0.6) is 5.75 Å². The van der Waals surface area contributed by atoms with Gasteiger partial charge >= 0.3 is 5.97 Å². The van der Waals surface area contributed by atoms with E-state index in [1.54, 1.807) is 23.9 Å². The van der Waals surface area contributed by atoms with Crippen LogP contribution in [0.15, 0.2) is 54.6 Å². The summed E-state index contributed by atoms with van der Waals surface area (Å²) in [6, 6.07) is 16.6. The SMILES string of the molecule is [2H]CCOc1ccc(C[C@H](NC(=O)CCSCc2ccccc2)C(=O)OC)cc1. The van der Waals surface area contributed by atoms with Crippen LogP contribution in [0.3, 0.4) is 0 Å². The number of hydrogen-bond donors (Lipinski definition) is 1. The number of carbonyl (C=O) groups excluding carboxylic acids is 2. The van der Waals surface area contributed by atoms with Crippen molar-refractivity contribution in [2.75, 3.05) is 19.5 Å². The van der Waals surface area contributed by atoms with E-state index >= 15 is 0 Å². The molecule has 0 heterocycles. The van der Waals surface area contributed by atoms with E-state index in [0.717, 1.165) is 11.3 Å². The average Bonchev–Trinajstić information content (AvgIpc) is 2.76. The second-order valence-corrected chi connectivity index (χ2v) is 7.23. The van der Waals surface area contributed by atoms with E-state index in [4.69, 9.17) is 10.8 Å². The summed E-state index contributed by atoms with van der Waals surface area (Å²) >= 11 is 1.68. The third-order valence-electron chi connectivity index (χ3n) is 4.04. The molecule has 0 spiro atoms. The number of hydrogen-bond acceptors (Lipinski definition) is 5. The summed E-state index contributed by atoms with van der Waals surface area (Å²) in [6.45, 7) is 0.532. The third-order valence-corrected chi connectivity index (χ3v) is 5.07. The fourth-order valence-corrected chi connectivity index (χ4v) is 3.51. The number of carbonyl (C=O) groups is 2. The molecule has 0 unspecified atom stereocenters. The Balaban J connectivity index is 1.81. The molecule has 2 rings (SSSR count). The molecule has 0 saturated heterocycles. The van der Waals surface area contributed by atoms with E-state index in [1.807, 2.05) is 30.3 Å². The zero-order valence-electron chi connectivity index (χ0n) is 17.1. The normalized spacial score (nSPS) is 12.0. The van der Waals surface area contributed by atoms with Gasteiger partial charge in [0.2, 0.25) is 5.91 Å². The molecule has 5 nitrogen and oxygen atoms in total. The summed E-state index contributed by atoms with van der Waals surface area (Å²) in [7, 11) is 1.31. The third kappa shape index (κ3) is 7.64. The lowest BCUT2D eigenvalue weighted by Crippen LogP contribution is -2.43. The molecule has 0 radical (unpaired) electrons. The summed E-state index contributed by atoms with van der Waals surface area (Å²) in [5.41, 5.74) is 2.11. The minimum Gasteiger partial charge on any atom is -0.494 e. The quantitative estimate of drug-likeness (QED) is 0.459. The molecule has 2 aromatic carbocycles. The Morgan fingerprint density at radius 2 is 1.86 bits per heavy atom. The fourth-order valence-electron chi connectivity index (χ4n) is 2.61. The van der Waals surface area contributed by atoms with Gasteiger partial charge in [0, 0.05) is 25.7 Å². The van der Waals surface area contributed by atoms with Gasteiger partial charge in [0.05, 0.1) is 13.7 Å². The molecule has 6 heteroatoms. The Kier molecular flexibility index (Phi) is 8.74. The largest absolute Gasteiger partial charge is 0.494 e. The van der Waals surface area contributed by atoms with Crippen molar-refractivity contribution in [3.8, 4) is 5.75 Å². The molecule has 0 aromatic heterocycles. The molecule has 0 saturated carbocycles. The average molecular weight is 403 g/mol. The number of methoxy groups -OCH3 is 1. The first-order chi connectivity index (χ1) is 14.1. The van der Waals surface area contributed by atoms with Gasteiger partial charge in [-0.25, -0.2) is 4.79 Å². The topological polar surface area (TPSA) is 64.6 Å². The van der Waals surface area contributed by atoms with E-state index in [-0.39, 0.29) is 12.8 Å². The maximum atomic E-state index is 12.3. The molecule has 0 aliphatic carbocycles. The Hall–Kier alpha value is -2.47. The van der Waals surface area contributed by atoms with Crippen LogP contribution in [-0.2, 0) is 26.5 Å². The van der Waals surface area contributed by atoms with E-state index in [9.17, 15) is 9.59 Å². The highest BCUT2D eigenvalue weighted by Gasteiger charge is 2.21. The van der Waals surface area contributed by atoms with Crippen molar-refractivity contribution in [1.82, 2.24) is 5.32 Å². The van der Waals surface area contributed by atoms with Crippen LogP contribution >= 0.6 is 11.8 Å². The zero-order chi connectivity index (χ0) is 20.9. The molecule has 28 heavy (non-hydrogen) atoms. The standard InChI is InChI=1S/C22H27NO4S/c1-3-27-19-11-9-17(10-12-19)15-20(22(25)26-2)23-21(24)13-14-28-16-18-7-5-4-6-8-18/h4-12,20H,3,13-16H2,1-2H3,(H,23,24)/t20-/m0/s1/i1D. The highest BCUT2D eigenvalue weighted by Crippen LogP contribution is 2.15. The van der Waals surface area contributed by atoms with Gasteiger partial charge in [-0.2, -0.15) is 11.8 Å². The van der Waals surface area contributed by atoms with Crippen LogP contribution in [0.2, 0.25) is 0 Å². The van der Waals surface area contributed by atoms with Gasteiger partial charge in [-0.1, -0.05) is 42.5 Å². The Labute approximate surface area is 172 Å². The number of nitrogens with one attached hydrogen (secondary N) is 1. The van der Waals surface area contributed by atoms with Crippen LogP contribution in [-0.4, -0.2) is 37.4 Å². The summed E-state index contributed by atoms with van der Waals surface area (Å²) in [5, 5.41) is 2.78. The van der Waals surface area contributed by atoms with Crippen molar-refractivity contribution in [3.05, 3.63) is 65.7 Å². The molecule has 0 aliphatic rings. The Bertz CT molecular complexity index is 755. The summed E-state index contributed by atoms with van der Waals surface area (Å²) in [5.74, 6) is 1.57. The number of benzene rings is 2. The summed E-state index contributed by atoms with van der Waals surface area (Å²) in [6.07, 6.45) is 0.680. The summed E-state index contributed by atoms with van der Waals surface area (Å²) < 4.78 is 17.3. The highest BCUT2D eigenvalue weighted by atomic mass is 32.2. The Morgan fingerprint density at radius 3 is 2.54 bits per heavy atom. The monoisotopic (exact) mass is 402 g/mol. The molecule has 0 bridgehead atoms. The number of ether oxygens (including phenoxy) is 2. The minimum atomic E-state index is -0.730. The molecular weight excluding hydrogens is 374 g/mol. The first kappa shape index (κ1) is 20.3. The molecular formula is C22H27NO4S. The maximum Gasteiger partial charge on any atom is 0.328 e. The number of thioether (sulfide) groups is 1. The smallest absolute Gasteiger partial charge is 0.328 e. The lowest BCUT2D eigenvalue weighted by atomic mass is 10.1. The van der Waals surface area contributed by atoms with Crippen molar-refractivity contribution in [3.63, 3.8) is 0 Å². The first-order valence-corrected chi connectivity index (χ1v) is 10.3. The van der Waals surface area contributed by atoms with Gasteiger partial charge in [-0.3, -0.25) is 4.79 Å². The van der Waals surface area contributed by atoms with Crippen molar-refractivity contribution < 1.29 is 20.4 Å². The van der Waals surface area contributed by atoms with Gasteiger partial charge in [0.15, 0.2) is 0 Å². The predicted molar refractivity (Wildman–Crippen MR) is 112 cm³/mol. The first-order valence-electron chi connectivity index (χ1n) is 9.83.